The number of primary amides is 1. The Morgan fingerprint density at radius 3 is 2.72 bits per heavy atom. The number of likely N-dealkylation sites (N-methyl/N-ethyl adjacent to an activating group) is 1. The summed E-state index contributed by atoms with van der Waals surface area (Å²) in [5, 5.41) is 3.22. The molecule has 1 amide bonds. The molecule has 0 saturated carbocycles. The summed E-state index contributed by atoms with van der Waals surface area (Å²) in [5.41, 5.74) is 4.94. The average molecular weight is 255 g/mol. The van der Waals surface area contributed by atoms with E-state index >= 15 is 0 Å². The molecular formula is C14H29N3O. The predicted molar refractivity (Wildman–Crippen MR) is 75.3 cm³/mol. The summed E-state index contributed by atoms with van der Waals surface area (Å²) in [6.45, 7) is 11.4. The van der Waals surface area contributed by atoms with Crippen LogP contribution in [0.1, 0.15) is 47.0 Å². The molecule has 0 spiro atoms. The van der Waals surface area contributed by atoms with Gasteiger partial charge in [0.1, 0.15) is 0 Å². The van der Waals surface area contributed by atoms with Crippen molar-refractivity contribution in [2.75, 3.05) is 19.6 Å². The number of carbonyl (C=O) groups excluding carboxylic acids is 1. The smallest absolute Gasteiger partial charge is 0.237 e. The zero-order valence-corrected chi connectivity index (χ0v) is 12.3. The van der Waals surface area contributed by atoms with Crippen LogP contribution in [0.5, 0.6) is 0 Å². The van der Waals surface area contributed by atoms with Crippen LogP contribution in [-0.4, -0.2) is 42.0 Å². The minimum Gasteiger partial charge on any atom is -0.368 e. The molecule has 18 heavy (non-hydrogen) atoms. The van der Waals surface area contributed by atoms with Crippen LogP contribution in [0.3, 0.4) is 0 Å². The van der Waals surface area contributed by atoms with Crippen molar-refractivity contribution in [3.8, 4) is 0 Å². The Morgan fingerprint density at radius 2 is 2.17 bits per heavy atom. The number of likely N-dealkylation sites (tertiary alicyclic amines) is 1. The van der Waals surface area contributed by atoms with Crippen LogP contribution in [0.15, 0.2) is 0 Å². The topological polar surface area (TPSA) is 58.4 Å². The van der Waals surface area contributed by atoms with E-state index in [0.717, 1.165) is 32.0 Å². The van der Waals surface area contributed by atoms with E-state index in [-0.39, 0.29) is 5.91 Å². The highest BCUT2D eigenvalue weighted by molar-refractivity contribution is 5.84. The third kappa shape index (κ3) is 3.69. The summed E-state index contributed by atoms with van der Waals surface area (Å²) < 4.78 is 0. The van der Waals surface area contributed by atoms with E-state index < -0.39 is 5.54 Å². The number of nitrogens with two attached hydrogens (primary N) is 1. The molecule has 0 aliphatic carbocycles. The zero-order chi connectivity index (χ0) is 13.8. The van der Waals surface area contributed by atoms with Crippen molar-refractivity contribution in [3.05, 3.63) is 0 Å². The molecular weight excluding hydrogens is 226 g/mol. The number of rotatable bonds is 6. The highest BCUT2D eigenvalue weighted by atomic mass is 16.1. The van der Waals surface area contributed by atoms with Gasteiger partial charge in [-0.1, -0.05) is 13.8 Å². The van der Waals surface area contributed by atoms with E-state index in [9.17, 15) is 4.79 Å². The highest BCUT2D eigenvalue weighted by Gasteiger charge is 2.32. The maximum Gasteiger partial charge on any atom is 0.237 e. The summed E-state index contributed by atoms with van der Waals surface area (Å²) >= 11 is 0. The first-order valence-corrected chi connectivity index (χ1v) is 7.19. The van der Waals surface area contributed by atoms with Crippen LogP contribution in [0.4, 0.5) is 0 Å². The van der Waals surface area contributed by atoms with E-state index in [4.69, 9.17) is 5.73 Å². The normalized spacial score (nSPS) is 28.9. The molecule has 3 unspecified atom stereocenters. The van der Waals surface area contributed by atoms with Crippen molar-refractivity contribution in [2.45, 2.75) is 58.5 Å². The van der Waals surface area contributed by atoms with Crippen molar-refractivity contribution >= 4 is 5.91 Å². The van der Waals surface area contributed by atoms with Crippen molar-refractivity contribution in [3.63, 3.8) is 0 Å². The van der Waals surface area contributed by atoms with Gasteiger partial charge in [-0.2, -0.15) is 0 Å². The molecule has 106 valence electrons. The Bertz CT molecular complexity index is 282. The Kier molecular flexibility index (Phi) is 5.60. The molecule has 3 atom stereocenters. The average Bonchev–Trinajstić information content (AvgIpc) is 2.31. The highest BCUT2D eigenvalue weighted by Crippen LogP contribution is 2.24. The summed E-state index contributed by atoms with van der Waals surface area (Å²) in [5.74, 6) is 0.500. The molecule has 0 aromatic heterocycles. The lowest BCUT2D eigenvalue weighted by atomic mass is 9.90. The van der Waals surface area contributed by atoms with Gasteiger partial charge in [0, 0.05) is 12.6 Å². The van der Waals surface area contributed by atoms with Crippen LogP contribution in [-0.2, 0) is 4.79 Å². The maximum absolute atomic E-state index is 11.6. The second-order valence-corrected chi connectivity index (χ2v) is 5.87. The van der Waals surface area contributed by atoms with Crippen LogP contribution in [0.25, 0.3) is 0 Å². The number of piperidine rings is 1. The zero-order valence-electron chi connectivity index (χ0n) is 12.3. The number of carbonyl (C=O) groups is 1. The molecule has 0 bridgehead atoms. The molecule has 1 aliphatic rings. The van der Waals surface area contributed by atoms with Crippen molar-refractivity contribution in [2.24, 2.45) is 11.7 Å². The summed E-state index contributed by atoms with van der Waals surface area (Å²) in [4.78, 5) is 14.1. The fourth-order valence-electron chi connectivity index (χ4n) is 2.79. The van der Waals surface area contributed by atoms with Gasteiger partial charge in [0.05, 0.1) is 5.54 Å². The van der Waals surface area contributed by atoms with Gasteiger partial charge in [0.15, 0.2) is 0 Å². The minimum absolute atomic E-state index is 0.248. The molecule has 0 aromatic carbocycles. The lowest BCUT2D eigenvalue weighted by Crippen LogP contribution is -2.55. The largest absolute Gasteiger partial charge is 0.368 e. The SMILES string of the molecule is CCNC(C)(CCN1CCCC(C)C1C)C(N)=O. The summed E-state index contributed by atoms with van der Waals surface area (Å²) in [7, 11) is 0. The van der Waals surface area contributed by atoms with Gasteiger partial charge in [0.25, 0.3) is 0 Å². The lowest BCUT2D eigenvalue weighted by molar-refractivity contribution is -0.124. The molecule has 1 rings (SSSR count). The van der Waals surface area contributed by atoms with Gasteiger partial charge in [0.2, 0.25) is 5.91 Å². The van der Waals surface area contributed by atoms with Gasteiger partial charge in [-0.25, -0.2) is 0 Å². The summed E-state index contributed by atoms with van der Waals surface area (Å²) in [6.07, 6.45) is 3.37. The van der Waals surface area contributed by atoms with Gasteiger partial charge in [-0.15, -0.1) is 0 Å². The molecule has 0 radical (unpaired) electrons. The maximum atomic E-state index is 11.6. The molecule has 1 heterocycles. The number of nitrogens with one attached hydrogen (secondary N) is 1. The molecule has 1 aliphatic heterocycles. The fourth-order valence-corrected chi connectivity index (χ4v) is 2.79. The van der Waals surface area contributed by atoms with Crippen LogP contribution in [0, 0.1) is 5.92 Å². The number of hydrogen-bond acceptors (Lipinski definition) is 3. The van der Waals surface area contributed by atoms with Crippen LogP contribution >= 0.6 is 0 Å². The quantitative estimate of drug-likeness (QED) is 0.753. The standard InChI is InChI=1S/C14H29N3O/c1-5-16-14(4,13(15)18)8-10-17-9-6-7-11(2)12(17)3/h11-12,16H,5-10H2,1-4H3,(H2,15,18). The van der Waals surface area contributed by atoms with Crippen molar-refractivity contribution in [1.29, 1.82) is 0 Å². The molecule has 0 aromatic rings. The molecule has 3 N–H and O–H groups in total. The van der Waals surface area contributed by atoms with E-state index in [2.05, 4.69) is 24.1 Å². The van der Waals surface area contributed by atoms with E-state index in [1.165, 1.54) is 12.8 Å². The van der Waals surface area contributed by atoms with E-state index in [1.54, 1.807) is 0 Å². The monoisotopic (exact) mass is 255 g/mol. The summed E-state index contributed by atoms with van der Waals surface area (Å²) in [6, 6.07) is 0.609. The van der Waals surface area contributed by atoms with Crippen molar-refractivity contribution < 1.29 is 4.79 Å². The Labute approximate surface area is 111 Å². The van der Waals surface area contributed by atoms with Gasteiger partial charge in [-0.3, -0.25) is 4.79 Å². The molecule has 1 fully saturated rings. The van der Waals surface area contributed by atoms with Crippen molar-refractivity contribution in [1.82, 2.24) is 10.2 Å². The van der Waals surface area contributed by atoms with Gasteiger partial charge < -0.3 is 16.0 Å². The molecule has 4 heteroatoms. The number of hydrogen-bond donors (Lipinski definition) is 2. The first-order chi connectivity index (χ1) is 8.40. The van der Waals surface area contributed by atoms with Gasteiger partial charge in [-0.05, 0) is 52.1 Å². The van der Waals surface area contributed by atoms with Crippen LogP contribution in [0.2, 0.25) is 0 Å². The number of amides is 1. The second kappa shape index (κ2) is 6.53. The minimum atomic E-state index is -0.574. The van der Waals surface area contributed by atoms with E-state index in [0.29, 0.717) is 6.04 Å². The first kappa shape index (κ1) is 15.4. The number of nitrogens with zero attached hydrogens (tertiary/aromatic N) is 1. The third-order valence-corrected chi connectivity index (χ3v) is 4.51. The Hall–Kier alpha value is -0.610. The van der Waals surface area contributed by atoms with Crippen LogP contribution < -0.4 is 11.1 Å². The third-order valence-electron chi connectivity index (χ3n) is 4.51. The predicted octanol–water partition coefficient (Wildman–Crippen LogP) is 1.35. The first-order valence-electron chi connectivity index (χ1n) is 7.19. The Balaban J connectivity index is 2.54. The lowest BCUT2D eigenvalue weighted by Gasteiger charge is -2.39. The fraction of sp³-hybridized carbons (Fsp3) is 0.929. The molecule has 4 nitrogen and oxygen atoms in total. The molecule has 1 saturated heterocycles. The van der Waals surface area contributed by atoms with E-state index in [1.807, 2.05) is 13.8 Å². The Morgan fingerprint density at radius 1 is 1.50 bits per heavy atom. The second-order valence-electron chi connectivity index (χ2n) is 5.87. The van der Waals surface area contributed by atoms with Gasteiger partial charge >= 0.3 is 0 Å².